The van der Waals surface area contributed by atoms with Crippen LogP contribution in [-0.2, 0) is 4.74 Å². The maximum atomic E-state index is 5.59. The van der Waals surface area contributed by atoms with E-state index in [9.17, 15) is 0 Å². The van der Waals surface area contributed by atoms with E-state index >= 15 is 0 Å². The minimum atomic E-state index is 0.362. The lowest BCUT2D eigenvalue weighted by molar-refractivity contribution is 0.114. The summed E-state index contributed by atoms with van der Waals surface area (Å²) < 4.78 is 5.59. The summed E-state index contributed by atoms with van der Waals surface area (Å²) in [7, 11) is 4.01. The molecule has 0 bridgehead atoms. The third-order valence-electron chi connectivity index (χ3n) is 3.79. The van der Waals surface area contributed by atoms with Gasteiger partial charge in [0.15, 0.2) is 5.96 Å². The van der Waals surface area contributed by atoms with E-state index in [0.29, 0.717) is 6.10 Å². The van der Waals surface area contributed by atoms with E-state index in [1.54, 1.807) is 0 Å². The molecule has 0 saturated carbocycles. The number of hydrogen-bond acceptors (Lipinski definition) is 3. The van der Waals surface area contributed by atoms with Gasteiger partial charge in [-0.3, -0.25) is 4.99 Å². The third kappa shape index (κ3) is 4.14. The van der Waals surface area contributed by atoms with Crippen molar-refractivity contribution in [2.45, 2.75) is 25.4 Å². The fourth-order valence-electron chi connectivity index (χ4n) is 2.67. The zero-order chi connectivity index (χ0) is 12.8. The molecule has 2 heterocycles. The molecule has 2 rings (SSSR count). The van der Waals surface area contributed by atoms with E-state index in [1.807, 2.05) is 7.05 Å². The average Bonchev–Trinajstić information content (AvgIpc) is 3.01. The van der Waals surface area contributed by atoms with Crippen LogP contribution in [0.15, 0.2) is 4.99 Å². The summed E-state index contributed by atoms with van der Waals surface area (Å²) in [5.41, 5.74) is 0. The SMILES string of the molecule is CN=C(NCC1CCN(C)C1)NCC1CCCO1. The number of ether oxygens (including phenoxy) is 1. The Labute approximate surface area is 110 Å². The lowest BCUT2D eigenvalue weighted by Crippen LogP contribution is -2.43. The van der Waals surface area contributed by atoms with Gasteiger partial charge in [0.1, 0.15) is 0 Å². The molecule has 18 heavy (non-hydrogen) atoms. The number of guanidine groups is 1. The zero-order valence-electron chi connectivity index (χ0n) is 11.6. The summed E-state index contributed by atoms with van der Waals surface area (Å²) in [6.07, 6.45) is 4.00. The molecule has 2 atom stereocenters. The number of rotatable bonds is 4. The Kier molecular flexibility index (Phi) is 5.26. The monoisotopic (exact) mass is 254 g/mol. The predicted octanol–water partition coefficient (Wildman–Crippen LogP) is 0.282. The largest absolute Gasteiger partial charge is 0.376 e. The van der Waals surface area contributed by atoms with Crippen molar-refractivity contribution in [3.05, 3.63) is 0 Å². The Morgan fingerprint density at radius 3 is 2.78 bits per heavy atom. The average molecular weight is 254 g/mol. The molecular formula is C13H26N4O. The molecule has 2 fully saturated rings. The molecule has 2 unspecified atom stereocenters. The van der Waals surface area contributed by atoms with Gasteiger partial charge in [0.2, 0.25) is 0 Å². The van der Waals surface area contributed by atoms with Gasteiger partial charge in [-0.25, -0.2) is 0 Å². The first-order valence-electron chi connectivity index (χ1n) is 7.02. The highest BCUT2D eigenvalue weighted by atomic mass is 16.5. The van der Waals surface area contributed by atoms with E-state index in [1.165, 1.54) is 25.9 Å². The summed E-state index contributed by atoms with van der Waals surface area (Å²) in [4.78, 5) is 6.64. The van der Waals surface area contributed by atoms with Crippen molar-refractivity contribution >= 4 is 5.96 Å². The van der Waals surface area contributed by atoms with Crippen molar-refractivity contribution in [3.8, 4) is 0 Å². The van der Waals surface area contributed by atoms with Gasteiger partial charge < -0.3 is 20.3 Å². The van der Waals surface area contributed by atoms with E-state index < -0.39 is 0 Å². The molecule has 0 spiro atoms. The molecule has 2 N–H and O–H groups in total. The first kappa shape index (κ1) is 13.6. The third-order valence-corrected chi connectivity index (χ3v) is 3.79. The minimum absolute atomic E-state index is 0.362. The van der Waals surface area contributed by atoms with Crippen molar-refractivity contribution < 1.29 is 4.74 Å². The molecule has 2 aliphatic heterocycles. The molecule has 0 aromatic heterocycles. The van der Waals surface area contributed by atoms with Gasteiger partial charge in [-0.1, -0.05) is 0 Å². The molecular weight excluding hydrogens is 228 g/mol. The highest BCUT2D eigenvalue weighted by Crippen LogP contribution is 2.13. The molecule has 5 nitrogen and oxygen atoms in total. The number of likely N-dealkylation sites (tertiary alicyclic amines) is 1. The molecule has 0 aliphatic carbocycles. The second-order valence-electron chi connectivity index (χ2n) is 5.39. The normalized spacial score (nSPS) is 29.8. The van der Waals surface area contributed by atoms with Gasteiger partial charge in [0.25, 0.3) is 0 Å². The fourth-order valence-corrected chi connectivity index (χ4v) is 2.67. The van der Waals surface area contributed by atoms with Crippen LogP contribution in [0.2, 0.25) is 0 Å². The summed E-state index contributed by atoms with van der Waals surface area (Å²) in [6, 6.07) is 0. The van der Waals surface area contributed by atoms with Crippen molar-refractivity contribution in [3.63, 3.8) is 0 Å². The number of nitrogens with one attached hydrogen (secondary N) is 2. The van der Waals surface area contributed by atoms with Crippen LogP contribution in [0, 0.1) is 5.92 Å². The maximum absolute atomic E-state index is 5.59. The number of aliphatic imine (C=N–C) groups is 1. The second-order valence-corrected chi connectivity index (χ2v) is 5.39. The number of nitrogens with zero attached hydrogens (tertiary/aromatic N) is 2. The van der Waals surface area contributed by atoms with Crippen LogP contribution in [-0.4, -0.2) is 63.8 Å². The summed E-state index contributed by atoms with van der Waals surface area (Å²) >= 11 is 0. The Bertz CT molecular complexity index is 276. The van der Waals surface area contributed by atoms with Gasteiger partial charge >= 0.3 is 0 Å². The van der Waals surface area contributed by atoms with Gasteiger partial charge in [-0.15, -0.1) is 0 Å². The van der Waals surface area contributed by atoms with Crippen LogP contribution in [0.1, 0.15) is 19.3 Å². The standard InChI is InChI=1S/C13H26N4O/c1-14-13(16-9-12-4-3-7-18-12)15-8-11-5-6-17(2)10-11/h11-12H,3-10H2,1-2H3,(H2,14,15,16). The second kappa shape index (κ2) is 6.95. The quantitative estimate of drug-likeness (QED) is 0.559. The summed E-state index contributed by atoms with van der Waals surface area (Å²) in [5, 5.41) is 6.76. The van der Waals surface area contributed by atoms with E-state index in [-0.39, 0.29) is 0 Å². The van der Waals surface area contributed by atoms with Crippen LogP contribution < -0.4 is 10.6 Å². The molecule has 2 saturated heterocycles. The zero-order valence-corrected chi connectivity index (χ0v) is 11.6. The maximum Gasteiger partial charge on any atom is 0.191 e. The molecule has 0 aromatic carbocycles. The molecule has 5 heteroatoms. The van der Waals surface area contributed by atoms with Crippen LogP contribution in [0.5, 0.6) is 0 Å². The minimum Gasteiger partial charge on any atom is -0.376 e. The smallest absolute Gasteiger partial charge is 0.191 e. The van der Waals surface area contributed by atoms with E-state index in [4.69, 9.17) is 4.74 Å². The topological polar surface area (TPSA) is 48.9 Å². The van der Waals surface area contributed by atoms with Crippen LogP contribution in [0.25, 0.3) is 0 Å². The molecule has 0 amide bonds. The van der Waals surface area contributed by atoms with Gasteiger partial charge in [-0.05, 0) is 38.8 Å². The Balaban J connectivity index is 1.62. The van der Waals surface area contributed by atoms with Crippen LogP contribution in [0.4, 0.5) is 0 Å². The Hall–Kier alpha value is -0.810. The van der Waals surface area contributed by atoms with Crippen molar-refractivity contribution in [1.82, 2.24) is 15.5 Å². The van der Waals surface area contributed by atoms with Gasteiger partial charge in [-0.2, -0.15) is 0 Å². The molecule has 2 aliphatic rings. The van der Waals surface area contributed by atoms with Gasteiger partial charge in [0.05, 0.1) is 6.10 Å². The predicted molar refractivity (Wildman–Crippen MR) is 73.9 cm³/mol. The highest BCUT2D eigenvalue weighted by Gasteiger charge is 2.20. The lowest BCUT2D eigenvalue weighted by Gasteiger charge is -2.17. The molecule has 104 valence electrons. The fraction of sp³-hybridized carbons (Fsp3) is 0.923. The molecule has 0 radical (unpaired) electrons. The Morgan fingerprint density at radius 2 is 2.17 bits per heavy atom. The van der Waals surface area contributed by atoms with Crippen molar-refractivity contribution in [2.75, 3.05) is 46.9 Å². The first-order chi connectivity index (χ1) is 8.78. The lowest BCUT2D eigenvalue weighted by atomic mass is 10.1. The van der Waals surface area contributed by atoms with Gasteiger partial charge in [0, 0.05) is 33.3 Å². The highest BCUT2D eigenvalue weighted by molar-refractivity contribution is 5.79. The van der Waals surface area contributed by atoms with Crippen molar-refractivity contribution in [2.24, 2.45) is 10.9 Å². The molecule has 0 aromatic rings. The van der Waals surface area contributed by atoms with Crippen LogP contribution in [0.3, 0.4) is 0 Å². The van der Waals surface area contributed by atoms with E-state index in [0.717, 1.165) is 38.0 Å². The van der Waals surface area contributed by atoms with Crippen molar-refractivity contribution in [1.29, 1.82) is 0 Å². The Morgan fingerprint density at radius 1 is 1.33 bits per heavy atom. The summed E-state index contributed by atoms with van der Waals surface area (Å²) in [6.45, 7) is 5.19. The van der Waals surface area contributed by atoms with E-state index in [2.05, 4.69) is 27.6 Å². The first-order valence-corrected chi connectivity index (χ1v) is 7.02. The number of hydrogen-bond donors (Lipinski definition) is 2. The summed E-state index contributed by atoms with van der Waals surface area (Å²) in [5.74, 6) is 1.65. The van der Waals surface area contributed by atoms with Crippen LogP contribution >= 0.6 is 0 Å².